The maximum absolute atomic E-state index is 10.7. The normalized spacial score (nSPS) is 10.2. The van der Waals surface area contributed by atoms with E-state index in [0.29, 0.717) is 0 Å². The minimum atomic E-state index is -0.346. The Labute approximate surface area is 103 Å². The predicted octanol–water partition coefficient (Wildman–Crippen LogP) is 1.48. The van der Waals surface area contributed by atoms with Crippen molar-refractivity contribution >= 4 is 24.7 Å². The monoisotopic (exact) mass is 234 g/mol. The summed E-state index contributed by atoms with van der Waals surface area (Å²) in [6, 6.07) is 5.09. The zero-order valence-corrected chi connectivity index (χ0v) is 10.8. The number of nitro benzene ring substituents is 1. The predicted molar refractivity (Wildman–Crippen MR) is 74.1 cm³/mol. The van der Waals surface area contributed by atoms with Crippen LogP contribution in [0.4, 0.5) is 11.4 Å². The van der Waals surface area contributed by atoms with Crippen molar-refractivity contribution in [2.75, 3.05) is 18.0 Å². The number of nitro groups is 1. The topological polar surface area (TPSA) is 46.4 Å². The summed E-state index contributed by atoms with van der Waals surface area (Å²) in [5.41, 5.74) is 2.25. The van der Waals surface area contributed by atoms with Gasteiger partial charge in [-0.2, -0.15) is 0 Å². The smallest absolute Gasteiger partial charge is 0.269 e. The van der Waals surface area contributed by atoms with Crippen LogP contribution >= 0.6 is 0 Å². The summed E-state index contributed by atoms with van der Waals surface area (Å²) in [6.45, 7) is 6.27. The summed E-state index contributed by atoms with van der Waals surface area (Å²) >= 11 is 0. The van der Waals surface area contributed by atoms with Gasteiger partial charge < -0.3 is 4.90 Å². The summed E-state index contributed by atoms with van der Waals surface area (Å²) in [5.74, 6) is 0. The molecule has 0 atom stereocenters. The molecule has 0 saturated heterocycles. The van der Waals surface area contributed by atoms with Gasteiger partial charge in [0.1, 0.15) is 7.85 Å². The first-order valence-electron chi connectivity index (χ1n) is 6.10. The summed E-state index contributed by atoms with van der Waals surface area (Å²) in [5, 5.41) is 10.7. The number of hydrogen-bond donors (Lipinski definition) is 0. The Morgan fingerprint density at radius 1 is 1.29 bits per heavy atom. The standard InChI is InChI=1S/C12H19BN2O2/c1-3-7-14(8-4-2)12-6-5-10(15(16)17)9-11(12)13/h5-6,9H,3-4,7-8,13H2,1-2H3. The van der Waals surface area contributed by atoms with Gasteiger partial charge in [0.15, 0.2) is 0 Å². The Bertz CT molecular complexity index is 390. The van der Waals surface area contributed by atoms with Crippen LogP contribution in [-0.4, -0.2) is 25.9 Å². The maximum atomic E-state index is 10.7. The lowest BCUT2D eigenvalue weighted by atomic mass is 9.92. The lowest BCUT2D eigenvalue weighted by Gasteiger charge is -2.25. The molecule has 0 N–H and O–H groups in total. The van der Waals surface area contributed by atoms with Crippen LogP contribution in [0.3, 0.4) is 0 Å². The van der Waals surface area contributed by atoms with Crippen LogP contribution in [0, 0.1) is 10.1 Å². The fourth-order valence-electron chi connectivity index (χ4n) is 2.00. The summed E-state index contributed by atoms with van der Waals surface area (Å²) < 4.78 is 0. The molecule has 0 aliphatic rings. The molecule has 4 nitrogen and oxygen atoms in total. The quantitative estimate of drug-likeness (QED) is 0.425. The molecule has 1 aromatic carbocycles. The second-order valence-electron chi connectivity index (χ2n) is 4.21. The third-order valence-corrected chi connectivity index (χ3v) is 2.72. The molecule has 0 saturated carbocycles. The highest BCUT2D eigenvalue weighted by Gasteiger charge is 2.11. The summed E-state index contributed by atoms with van der Waals surface area (Å²) in [6.07, 6.45) is 2.16. The second-order valence-corrected chi connectivity index (χ2v) is 4.21. The van der Waals surface area contributed by atoms with E-state index in [9.17, 15) is 10.1 Å². The Morgan fingerprint density at radius 3 is 2.29 bits per heavy atom. The first kappa shape index (κ1) is 13.5. The van der Waals surface area contributed by atoms with Crippen LogP contribution in [0.2, 0.25) is 0 Å². The number of rotatable bonds is 6. The number of hydrogen-bond acceptors (Lipinski definition) is 3. The van der Waals surface area contributed by atoms with Gasteiger partial charge in [0.25, 0.3) is 5.69 Å². The Kier molecular flexibility index (Phi) is 5.00. The van der Waals surface area contributed by atoms with Gasteiger partial charge in [-0.15, -0.1) is 0 Å². The van der Waals surface area contributed by atoms with Gasteiger partial charge in [-0.25, -0.2) is 0 Å². The van der Waals surface area contributed by atoms with E-state index in [1.807, 2.05) is 13.9 Å². The molecule has 0 aliphatic carbocycles. The largest absolute Gasteiger partial charge is 0.372 e. The van der Waals surface area contributed by atoms with E-state index < -0.39 is 0 Å². The van der Waals surface area contributed by atoms with Gasteiger partial charge in [-0.05, 0) is 18.9 Å². The number of anilines is 1. The van der Waals surface area contributed by atoms with Gasteiger partial charge in [0.05, 0.1) is 4.92 Å². The SMILES string of the molecule is Bc1cc([N+](=O)[O-])ccc1N(CCC)CCC. The molecule has 0 bridgehead atoms. The maximum Gasteiger partial charge on any atom is 0.269 e. The Morgan fingerprint density at radius 2 is 1.88 bits per heavy atom. The summed E-state index contributed by atoms with van der Waals surface area (Å²) in [4.78, 5) is 12.6. The van der Waals surface area contributed by atoms with Crippen LogP contribution < -0.4 is 10.4 Å². The fourth-order valence-corrected chi connectivity index (χ4v) is 2.00. The molecule has 0 amide bonds. The molecule has 0 spiro atoms. The van der Waals surface area contributed by atoms with E-state index in [4.69, 9.17) is 0 Å². The minimum absolute atomic E-state index is 0.166. The summed E-state index contributed by atoms with van der Waals surface area (Å²) in [7, 11) is 1.93. The van der Waals surface area contributed by atoms with E-state index >= 15 is 0 Å². The van der Waals surface area contributed by atoms with Crippen LogP contribution in [-0.2, 0) is 0 Å². The third kappa shape index (κ3) is 3.48. The van der Waals surface area contributed by atoms with Gasteiger partial charge in [-0.1, -0.05) is 19.3 Å². The highest BCUT2D eigenvalue weighted by atomic mass is 16.6. The molecule has 92 valence electrons. The van der Waals surface area contributed by atoms with Crippen molar-refractivity contribution in [2.45, 2.75) is 26.7 Å². The lowest BCUT2D eigenvalue weighted by molar-refractivity contribution is -0.384. The molecule has 17 heavy (non-hydrogen) atoms. The molecule has 1 aromatic rings. The number of non-ortho nitro benzene ring substituents is 1. The van der Waals surface area contributed by atoms with Crippen LogP contribution in [0.1, 0.15) is 26.7 Å². The Hall–Kier alpha value is -1.52. The molecule has 0 aliphatic heterocycles. The molecule has 0 aromatic heterocycles. The first-order chi connectivity index (χ1) is 8.10. The lowest BCUT2D eigenvalue weighted by Crippen LogP contribution is -2.29. The number of benzene rings is 1. The van der Waals surface area contributed by atoms with Crippen LogP contribution in [0.15, 0.2) is 18.2 Å². The highest BCUT2D eigenvalue weighted by Crippen LogP contribution is 2.17. The highest BCUT2D eigenvalue weighted by molar-refractivity contribution is 6.36. The van der Waals surface area contributed by atoms with Gasteiger partial charge in [0, 0.05) is 30.9 Å². The first-order valence-corrected chi connectivity index (χ1v) is 6.10. The molecular weight excluding hydrogens is 215 g/mol. The zero-order chi connectivity index (χ0) is 12.8. The van der Waals surface area contributed by atoms with Crippen molar-refractivity contribution in [3.8, 4) is 0 Å². The molecule has 0 fully saturated rings. The van der Waals surface area contributed by atoms with Crippen molar-refractivity contribution in [2.24, 2.45) is 0 Å². The average molecular weight is 234 g/mol. The van der Waals surface area contributed by atoms with Gasteiger partial charge in [-0.3, -0.25) is 10.1 Å². The van der Waals surface area contributed by atoms with E-state index in [1.54, 1.807) is 12.1 Å². The Balaban J connectivity index is 2.99. The van der Waals surface area contributed by atoms with E-state index in [-0.39, 0.29) is 10.6 Å². The van der Waals surface area contributed by atoms with Crippen molar-refractivity contribution in [1.29, 1.82) is 0 Å². The molecule has 1 rings (SSSR count). The van der Waals surface area contributed by atoms with E-state index in [0.717, 1.165) is 37.1 Å². The molecular formula is C12H19BN2O2. The minimum Gasteiger partial charge on any atom is -0.372 e. The van der Waals surface area contributed by atoms with Crippen molar-refractivity contribution in [3.05, 3.63) is 28.3 Å². The van der Waals surface area contributed by atoms with Gasteiger partial charge >= 0.3 is 0 Å². The molecule has 5 heteroatoms. The molecule has 0 unspecified atom stereocenters. The molecule has 0 radical (unpaired) electrons. The van der Waals surface area contributed by atoms with E-state index in [1.165, 1.54) is 0 Å². The second kappa shape index (κ2) is 6.28. The van der Waals surface area contributed by atoms with E-state index in [2.05, 4.69) is 18.7 Å². The zero-order valence-electron chi connectivity index (χ0n) is 10.8. The average Bonchev–Trinajstić information content (AvgIpc) is 2.28. The van der Waals surface area contributed by atoms with Crippen molar-refractivity contribution < 1.29 is 4.92 Å². The number of nitrogens with zero attached hydrogens (tertiary/aromatic N) is 2. The fraction of sp³-hybridized carbons (Fsp3) is 0.500. The van der Waals surface area contributed by atoms with Crippen LogP contribution in [0.25, 0.3) is 0 Å². The van der Waals surface area contributed by atoms with Crippen molar-refractivity contribution in [1.82, 2.24) is 0 Å². The molecule has 0 heterocycles. The third-order valence-electron chi connectivity index (χ3n) is 2.72. The van der Waals surface area contributed by atoms with Crippen LogP contribution in [0.5, 0.6) is 0 Å². The van der Waals surface area contributed by atoms with Gasteiger partial charge in [0.2, 0.25) is 0 Å². The van der Waals surface area contributed by atoms with Crippen molar-refractivity contribution in [3.63, 3.8) is 0 Å².